The molecule has 0 saturated carbocycles. The van der Waals surface area contributed by atoms with Crippen LogP contribution in [0.1, 0.15) is 36.9 Å². The lowest BCUT2D eigenvalue weighted by Gasteiger charge is -2.32. The summed E-state index contributed by atoms with van der Waals surface area (Å²) in [6.45, 7) is 4.37. The van der Waals surface area contributed by atoms with E-state index in [4.69, 9.17) is 17.3 Å². The highest BCUT2D eigenvalue weighted by atomic mass is 35.5. The van der Waals surface area contributed by atoms with Crippen molar-refractivity contribution in [1.82, 2.24) is 4.98 Å². The second kappa shape index (κ2) is 4.79. The van der Waals surface area contributed by atoms with Crippen molar-refractivity contribution in [1.29, 1.82) is 0 Å². The zero-order chi connectivity index (χ0) is 14.5. The third-order valence-corrected chi connectivity index (χ3v) is 5.22. The van der Waals surface area contributed by atoms with Gasteiger partial charge in [0.2, 0.25) is 0 Å². The molecule has 0 aliphatic heterocycles. The average molecular weight is 311 g/mol. The van der Waals surface area contributed by atoms with E-state index in [9.17, 15) is 4.39 Å². The molecule has 1 heterocycles. The largest absolute Gasteiger partial charge is 0.323 e. The summed E-state index contributed by atoms with van der Waals surface area (Å²) in [5.41, 5.74) is 7.75. The number of nitrogens with two attached hydrogens (primary N) is 1. The first kappa shape index (κ1) is 14.0. The number of thiazole rings is 1. The molecule has 1 unspecified atom stereocenters. The van der Waals surface area contributed by atoms with E-state index in [0.29, 0.717) is 15.6 Å². The first-order chi connectivity index (χ1) is 9.37. The van der Waals surface area contributed by atoms with Gasteiger partial charge in [0.05, 0.1) is 16.3 Å². The summed E-state index contributed by atoms with van der Waals surface area (Å²) < 4.78 is 14.0. The minimum atomic E-state index is -0.337. The van der Waals surface area contributed by atoms with Gasteiger partial charge in [0.25, 0.3) is 0 Å². The normalized spacial score (nSPS) is 20.8. The van der Waals surface area contributed by atoms with Gasteiger partial charge in [0.15, 0.2) is 0 Å². The van der Waals surface area contributed by atoms with E-state index in [-0.39, 0.29) is 17.3 Å². The number of hydrogen-bond donors (Lipinski definition) is 1. The van der Waals surface area contributed by atoms with E-state index >= 15 is 0 Å². The maximum Gasteiger partial charge on any atom is 0.134 e. The molecule has 106 valence electrons. The lowest BCUT2D eigenvalue weighted by atomic mass is 9.77. The van der Waals surface area contributed by atoms with E-state index in [2.05, 4.69) is 18.8 Å². The highest BCUT2D eigenvalue weighted by Gasteiger charge is 2.33. The lowest BCUT2D eigenvalue weighted by Crippen LogP contribution is -2.28. The SMILES string of the molecule is CC1(C)Cc2nc(-c3c(F)cccc3Cl)sc2C(N)C1. The fraction of sp³-hybridized carbons (Fsp3) is 0.400. The summed E-state index contributed by atoms with van der Waals surface area (Å²) in [6, 6.07) is 4.67. The standard InChI is InChI=1S/C15H16ClFN2S/c1-15(2)6-10(18)13-11(7-15)19-14(20-13)12-8(16)4-3-5-9(12)17/h3-5,10H,6-7,18H2,1-2H3. The molecule has 0 amide bonds. The molecule has 3 rings (SSSR count). The summed E-state index contributed by atoms with van der Waals surface area (Å²) in [5, 5.41) is 1.02. The van der Waals surface area contributed by atoms with Crippen LogP contribution >= 0.6 is 22.9 Å². The Morgan fingerprint density at radius 3 is 2.90 bits per heavy atom. The Balaban J connectivity index is 2.11. The first-order valence-corrected chi connectivity index (χ1v) is 7.76. The van der Waals surface area contributed by atoms with Gasteiger partial charge in [-0.3, -0.25) is 0 Å². The third-order valence-electron chi connectivity index (χ3n) is 3.66. The van der Waals surface area contributed by atoms with Gasteiger partial charge in [0, 0.05) is 10.9 Å². The second-order valence-corrected chi connectivity index (χ2v) is 7.52. The van der Waals surface area contributed by atoms with Gasteiger partial charge in [-0.15, -0.1) is 11.3 Å². The summed E-state index contributed by atoms with van der Waals surface area (Å²) >= 11 is 7.58. The van der Waals surface area contributed by atoms with Crippen molar-refractivity contribution in [3.63, 3.8) is 0 Å². The molecule has 0 spiro atoms. The molecule has 1 aliphatic rings. The van der Waals surface area contributed by atoms with Crippen LogP contribution in [0.4, 0.5) is 4.39 Å². The number of hydrogen-bond acceptors (Lipinski definition) is 3. The molecule has 1 aromatic carbocycles. The molecule has 0 fully saturated rings. The predicted octanol–water partition coefficient (Wildman–Crippen LogP) is 4.57. The van der Waals surface area contributed by atoms with E-state index in [1.54, 1.807) is 12.1 Å². The smallest absolute Gasteiger partial charge is 0.134 e. The summed E-state index contributed by atoms with van der Waals surface area (Å²) in [5.74, 6) is -0.337. The van der Waals surface area contributed by atoms with Gasteiger partial charge in [0.1, 0.15) is 10.8 Å². The number of halogens is 2. The molecular weight excluding hydrogens is 295 g/mol. The second-order valence-electron chi connectivity index (χ2n) is 6.08. The molecule has 20 heavy (non-hydrogen) atoms. The van der Waals surface area contributed by atoms with Gasteiger partial charge in [-0.25, -0.2) is 9.37 Å². The van der Waals surface area contributed by atoms with Crippen LogP contribution in [-0.4, -0.2) is 4.98 Å². The van der Waals surface area contributed by atoms with Crippen LogP contribution in [0, 0.1) is 11.2 Å². The average Bonchev–Trinajstić information content (AvgIpc) is 2.70. The molecule has 2 aromatic rings. The Labute approximate surface area is 126 Å². The van der Waals surface area contributed by atoms with Crippen LogP contribution in [-0.2, 0) is 6.42 Å². The zero-order valence-electron chi connectivity index (χ0n) is 11.4. The monoisotopic (exact) mass is 310 g/mol. The van der Waals surface area contributed by atoms with Gasteiger partial charge in [-0.05, 0) is 30.4 Å². The Morgan fingerprint density at radius 1 is 1.45 bits per heavy atom. The molecule has 0 bridgehead atoms. The number of rotatable bonds is 1. The van der Waals surface area contributed by atoms with Crippen LogP contribution < -0.4 is 5.73 Å². The summed E-state index contributed by atoms with van der Waals surface area (Å²) in [4.78, 5) is 5.67. The minimum Gasteiger partial charge on any atom is -0.323 e. The minimum absolute atomic E-state index is 0.0226. The van der Waals surface area contributed by atoms with Crippen molar-refractivity contribution in [2.75, 3.05) is 0 Å². The molecule has 2 nitrogen and oxygen atoms in total. The van der Waals surface area contributed by atoms with Crippen molar-refractivity contribution >= 4 is 22.9 Å². The molecule has 0 saturated heterocycles. The molecule has 2 N–H and O–H groups in total. The van der Waals surface area contributed by atoms with E-state index < -0.39 is 0 Å². The van der Waals surface area contributed by atoms with Crippen molar-refractivity contribution < 1.29 is 4.39 Å². The first-order valence-electron chi connectivity index (χ1n) is 6.57. The van der Waals surface area contributed by atoms with Gasteiger partial charge in [-0.2, -0.15) is 0 Å². The molecule has 1 aliphatic carbocycles. The number of benzene rings is 1. The fourth-order valence-corrected chi connectivity index (χ4v) is 4.25. The topological polar surface area (TPSA) is 38.9 Å². The van der Waals surface area contributed by atoms with Crippen molar-refractivity contribution in [3.8, 4) is 10.6 Å². The fourth-order valence-electron chi connectivity index (χ4n) is 2.80. The Morgan fingerprint density at radius 2 is 2.20 bits per heavy atom. The van der Waals surface area contributed by atoms with Crippen molar-refractivity contribution in [3.05, 3.63) is 39.6 Å². The van der Waals surface area contributed by atoms with Crippen LogP contribution in [0.25, 0.3) is 10.6 Å². The van der Waals surface area contributed by atoms with E-state index in [1.807, 2.05) is 0 Å². The highest BCUT2D eigenvalue weighted by Crippen LogP contribution is 2.45. The molecule has 5 heteroatoms. The van der Waals surface area contributed by atoms with Gasteiger partial charge >= 0.3 is 0 Å². The van der Waals surface area contributed by atoms with E-state index in [0.717, 1.165) is 23.4 Å². The Bertz CT molecular complexity index is 646. The summed E-state index contributed by atoms with van der Waals surface area (Å²) in [7, 11) is 0. The van der Waals surface area contributed by atoms with Crippen molar-refractivity contribution in [2.24, 2.45) is 11.1 Å². The quantitative estimate of drug-likeness (QED) is 0.837. The Hall–Kier alpha value is -0.970. The van der Waals surface area contributed by atoms with Crippen LogP contribution in [0.3, 0.4) is 0 Å². The van der Waals surface area contributed by atoms with Gasteiger partial charge < -0.3 is 5.73 Å². The predicted molar refractivity (Wildman–Crippen MR) is 81.5 cm³/mol. The maximum absolute atomic E-state index is 14.0. The third kappa shape index (κ3) is 2.36. The van der Waals surface area contributed by atoms with Gasteiger partial charge in [-0.1, -0.05) is 31.5 Å². The lowest BCUT2D eigenvalue weighted by molar-refractivity contribution is 0.282. The molecule has 1 atom stereocenters. The van der Waals surface area contributed by atoms with Crippen molar-refractivity contribution in [2.45, 2.75) is 32.7 Å². The molecule has 0 radical (unpaired) electrons. The highest BCUT2D eigenvalue weighted by molar-refractivity contribution is 7.15. The number of aromatic nitrogens is 1. The van der Waals surface area contributed by atoms with E-state index in [1.165, 1.54) is 17.4 Å². The van der Waals surface area contributed by atoms with Crippen LogP contribution in [0.2, 0.25) is 5.02 Å². The summed E-state index contributed by atoms with van der Waals surface area (Å²) in [6.07, 6.45) is 1.80. The maximum atomic E-state index is 14.0. The molecule has 1 aromatic heterocycles. The zero-order valence-corrected chi connectivity index (χ0v) is 13.0. The number of nitrogens with zero attached hydrogens (tertiary/aromatic N) is 1. The Kier molecular flexibility index (Phi) is 3.35. The number of fused-ring (bicyclic) bond motifs is 1. The molecular formula is C15H16ClFN2S. The van der Waals surface area contributed by atoms with Crippen LogP contribution in [0.15, 0.2) is 18.2 Å². The van der Waals surface area contributed by atoms with Crippen LogP contribution in [0.5, 0.6) is 0 Å².